The van der Waals surface area contributed by atoms with Crippen molar-refractivity contribution < 1.29 is 8.91 Å². The van der Waals surface area contributed by atoms with Gasteiger partial charge in [0.1, 0.15) is 11.5 Å². The number of pyridine rings is 1. The highest BCUT2D eigenvalue weighted by Gasteiger charge is 2.15. The van der Waals surface area contributed by atoms with E-state index in [2.05, 4.69) is 15.1 Å². The molecule has 0 amide bonds. The van der Waals surface area contributed by atoms with Crippen molar-refractivity contribution in [1.29, 1.82) is 0 Å². The minimum Gasteiger partial charge on any atom is -0.396 e. The number of halogens is 1. The third-order valence-corrected chi connectivity index (χ3v) is 3.16. The molecular formula is C15H13FN4O. The number of hydrogen-bond acceptors (Lipinski definition) is 5. The number of anilines is 1. The number of nitrogen functional groups attached to an aromatic ring is 1. The zero-order chi connectivity index (χ0) is 14.8. The van der Waals surface area contributed by atoms with E-state index in [1.165, 1.54) is 12.1 Å². The van der Waals surface area contributed by atoms with Crippen LogP contribution in [0.4, 0.5) is 10.1 Å². The van der Waals surface area contributed by atoms with Gasteiger partial charge >= 0.3 is 0 Å². The molecular weight excluding hydrogens is 271 g/mol. The SMILES string of the molecule is CCc1cccnc1-c1noc(-c2ccc(N)c(F)c2)n1. The smallest absolute Gasteiger partial charge is 0.258 e. The van der Waals surface area contributed by atoms with E-state index in [0.29, 0.717) is 17.1 Å². The molecule has 0 spiro atoms. The number of aryl methyl sites for hydroxylation is 1. The lowest BCUT2D eigenvalue weighted by Crippen LogP contribution is -1.93. The third kappa shape index (κ3) is 2.47. The molecule has 3 rings (SSSR count). The first-order valence-electron chi connectivity index (χ1n) is 6.52. The lowest BCUT2D eigenvalue weighted by Gasteiger charge is -2.00. The summed E-state index contributed by atoms with van der Waals surface area (Å²) in [5.41, 5.74) is 7.70. The molecule has 0 saturated heterocycles. The van der Waals surface area contributed by atoms with Crippen LogP contribution in [0.2, 0.25) is 0 Å². The van der Waals surface area contributed by atoms with Gasteiger partial charge in [-0.25, -0.2) is 4.39 Å². The first-order chi connectivity index (χ1) is 10.2. The van der Waals surface area contributed by atoms with Crippen molar-refractivity contribution in [3.63, 3.8) is 0 Å². The minimum absolute atomic E-state index is 0.0801. The first-order valence-corrected chi connectivity index (χ1v) is 6.52. The highest BCUT2D eigenvalue weighted by Crippen LogP contribution is 2.25. The molecule has 0 radical (unpaired) electrons. The average Bonchev–Trinajstić information content (AvgIpc) is 2.99. The molecule has 0 atom stereocenters. The summed E-state index contributed by atoms with van der Waals surface area (Å²) in [7, 11) is 0. The van der Waals surface area contributed by atoms with Gasteiger partial charge < -0.3 is 10.3 Å². The summed E-state index contributed by atoms with van der Waals surface area (Å²) in [5, 5.41) is 3.92. The third-order valence-electron chi connectivity index (χ3n) is 3.16. The van der Waals surface area contributed by atoms with E-state index in [4.69, 9.17) is 10.3 Å². The van der Waals surface area contributed by atoms with Crippen LogP contribution in [0.3, 0.4) is 0 Å². The molecule has 0 unspecified atom stereocenters. The maximum Gasteiger partial charge on any atom is 0.258 e. The summed E-state index contributed by atoms with van der Waals surface area (Å²) in [6.45, 7) is 2.02. The zero-order valence-corrected chi connectivity index (χ0v) is 11.4. The summed E-state index contributed by atoms with van der Waals surface area (Å²) in [4.78, 5) is 8.56. The largest absolute Gasteiger partial charge is 0.396 e. The first kappa shape index (κ1) is 13.2. The van der Waals surface area contributed by atoms with Gasteiger partial charge in [-0.2, -0.15) is 4.98 Å². The van der Waals surface area contributed by atoms with E-state index in [1.54, 1.807) is 12.3 Å². The van der Waals surface area contributed by atoms with Gasteiger partial charge in [0.05, 0.1) is 5.69 Å². The fourth-order valence-corrected chi connectivity index (χ4v) is 2.02. The molecule has 2 heterocycles. The molecule has 0 bridgehead atoms. The predicted octanol–water partition coefficient (Wildman–Crippen LogP) is 3.08. The molecule has 106 valence electrons. The lowest BCUT2D eigenvalue weighted by molar-refractivity contribution is 0.432. The molecule has 5 nitrogen and oxygen atoms in total. The van der Waals surface area contributed by atoms with Gasteiger partial charge in [-0.15, -0.1) is 0 Å². The molecule has 0 saturated carbocycles. The maximum atomic E-state index is 13.5. The summed E-state index contributed by atoms with van der Waals surface area (Å²) < 4.78 is 18.7. The van der Waals surface area contributed by atoms with Crippen molar-refractivity contribution in [2.45, 2.75) is 13.3 Å². The summed E-state index contributed by atoms with van der Waals surface area (Å²) in [6, 6.07) is 8.19. The number of nitrogens with zero attached hydrogens (tertiary/aromatic N) is 3. The van der Waals surface area contributed by atoms with Crippen molar-refractivity contribution in [3.05, 3.63) is 47.9 Å². The van der Waals surface area contributed by atoms with Crippen LogP contribution < -0.4 is 5.73 Å². The van der Waals surface area contributed by atoms with Crippen molar-refractivity contribution in [1.82, 2.24) is 15.1 Å². The monoisotopic (exact) mass is 284 g/mol. The van der Waals surface area contributed by atoms with Crippen LogP contribution in [0.25, 0.3) is 23.0 Å². The Balaban J connectivity index is 2.01. The molecule has 0 fully saturated rings. The normalized spacial score (nSPS) is 10.8. The van der Waals surface area contributed by atoms with Crippen LogP contribution in [0.15, 0.2) is 41.1 Å². The molecule has 0 aliphatic carbocycles. The molecule has 1 aromatic carbocycles. The molecule has 6 heteroatoms. The van der Waals surface area contributed by atoms with Crippen molar-refractivity contribution in [2.75, 3.05) is 5.73 Å². The van der Waals surface area contributed by atoms with Crippen molar-refractivity contribution in [2.24, 2.45) is 0 Å². The second kappa shape index (κ2) is 5.32. The Kier molecular flexibility index (Phi) is 3.35. The van der Waals surface area contributed by atoms with Gasteiger partial charge in [0.25, 0.3) is 5.89 Å². The van der Waals surface area contributed by atoms with Crippen LogP contribution in [0, 0.1) is 5.82 Å². The second-order valence-corrected chi connectivity index (χ2v) is 4.52. The summed E-state index contributed by atoms with van der Waals surface area (Å²) in [5.74, 6) is 0.107. The van der Waals surface area contributed by atoms with Crippen LogP contribution in [-0.4, -0.2) is 15.1 Å². The molecule has 2 N–H and O–H groups in total. The minimum atomic E-state index is -0.515. The Morgan fingerprint density at radius 2 is 2.14 bits per heavy atom. The molecule has 3 aromatic rings. The lowest BCUT2D eigenvalue weighted by atomic mass is 10.1. The number of hydrogen-bond donors (Lipinski definition) is 1. The van der Waals surface area contributed by atoms with Gasteiger partial charge in [-0.1, -0.05) is 18.1 Å². The van der Waals surface area contributed by atoms with Gasteiger partial charge in [0, 0.05) is 11.8 Å². The highest BCUT2D eigenvalue weighted by atomic mass is 19.1. The highest BCUT2D eigenvalue weighted by molar-refractivity contribution is 5.61. The number of benzene rings is 1. The average molecular weight is 284 g/mol. The van der Waals surface area contributed by atoms with Crippen LogP contribution >= 0.6 is 0 Å². The predicted molar refractivity (Wildman–Crippen MR) is 76.7 cm³/mol. The topological polar surface area (TPSA) is 77.8 Å². The van der Waals surface area contributed by atoms with Crippen LogP contribution in [0.1, 0.15) is 12.5 Å². The van der Waals surface area contributed by atoms with Gasteiger partial charge in [-0.3, -0.25) is 4.98 Å². The maximum absolute atomic E-state index is 13.5. The van der Waals surface area contributed by atoms with Gasteiger partial charge in [0.15, 0.2) is 0 Å². The Morgan fingerprint density at radius 3 is 2.90 bits per heavy atom. The number of rotatable bonds is 3. The summed E-state index contributed by atoms with van der Waals surface area (Å²) in [6.07, 6.45) is 2.48. The Hall–Kier alpha value is -2.76. The van der Waals surface area contributed by atoms with E-state index in [9.17, 15) is 4.39 Å². The summed E-state index contributed by atoms with van der Waals surface area (Å²) >= 11 is 0. The van der Waals surface area contributed by atoms with Crippen molar-refractivity contribution in [3.8, 4) is 23.0 Å². The fraction of sp³-hybridized carbons (Fsp3) is 0.133. The van der Waals surface area contributed by atoms with Crippen molar-refractivity contribution >= 4 is 5.69 Å². The van der Waals surface area contributed by atoms with Crippen LogP contribution in [-0.2, 0) is 6.42 Å². The van der Waals surface area contributed by atoms with E-state index < -0.39 is 5.82 Å². The molecule has 2 aromatic heterocycles. The quantitative estimate of drug-likeness (QED) is 0.748. The van der Waals surface area contributed by atoms with E-state index in [0.717, 1.165) is 12.0 Å². The number of nitrogens with two attached hydrogens (primary N) is 1. The Bertz CT molecular complexity index is 785. The second-order valence-electron chi connectivity index (χ2n) is 4.52. The standard InChI is InChI=1S/C15H13FN4O/c1-2-9-4-3-7-18-13(9)14-19-15(21-20-14)10-5-6-12(17)11(16)8-10/h3-8H,2,17H2,1H3. The Morgan fingerprint density at radius 1 is 1.29 bits per heavy atom. The molecule has 21 heavy (non-hydrogen) atoms. The number of aromatic nitrogens is 3. The molecule has 0 aliphatic heterocycles. The Labute approximate surface area is 120 Å². The van der Waals surface area contributed by atoms with Crippen LogP contribution in [0.5, 0.6) is 0 Å². The van der Waals surface area contributed by atoms with Gasteiger partial charge in [-0.05, 0) is 36.2 Å². The van der Waals surface area contributed by atoms with E-state index >= 15 is 0 Å². The van der Waals surface area contributed by atoms with E-state index in [-0.39, 0.29) is 11.6 Å². The van der Waals surface area contributed by atoms with Gasteiger partial charge in [0.2, 0.25) is 5.82 Å². The molecule has 0 aliphatic rings. The zero-order valence-electron chi connectivity index (χ0n) is 11.4. The van der Waals surface area contributed by atoms with E-state index in [1.807, 2.05) is 19.1 Å². The fourth-order valence-electron chi connectivity index (χ4n) is 2.02.